The molecule has 2 aliphatic heterocycles. The van der Waals surface area contributed by atoms with Gasteiger partial charge in [-0.1, -0.05) is 30.7 Å². The third kappa shape index (κ3) is 3.44. The molecule has 2 heterocycles. The molecule has 1 fully saturated rings. The summed E-state index contributed by atoms with van der Waals surface area (Å²) >= 11 is 0. The first-order valence-corrected chi connectivity index (χ1v) is 8.00. The van der Waals surface area contributed by atoms with Crippen LogP contribution in [0.5, 0.6) is 0 Å². The maximum atomic E-state index is 11.6. The lowest BCUT2D eigenvalue weighted by Gasteiger charge is -2.36. The maximum absolute atomic E-state index is 11.6. The van der Waals surface area contributed by atoms with E-state index in [1.807, 2.05) is 12.1 Å². The number of carbonyl (C=O) groups is 1. The predicted octanol–water partition coefficient (Wildman–Crippen LogP) is 1.98. The summed E-state index contributed by atoms with van der Waals surface area (Å²) in [6, 6.07) is 7.86. The van der Waals surface area contributed by atoms with E-state index in [4.69, 9.17) is 0 Å². The van der Waals surface area contributed by atoms with Crippen LogP contribution in [0.15, 0.2) is 24.3 Å². The minimum atomic E-state index is -0.692. The van der Waals surface area contributed by atoms with Crippen molar-refractivity contribution in [1.29, 1.82) is 0 Å². The van der Waals surface area contributed by atoms with E-state index < -0.39 is 5.97 Å². The first-order chi connectivity index (χ1) is 10.2. The Hall–Kier alpha value is -1.39. The van der Waals surface area contributed by atoms with Gasteiger partial charge in [0, 0.05) is 19.6 Å². The Morgan fingerprint density at radius 3 is 2.52 bits per heavy atom. The number of nitrogens with zero attached hydrogens (tertiary/aromatic N) is 2. The maximum Gasteiger partial charge on any atom is 0.321 e. The number of hydrogen-bond acceptors (Lipinski definition) is 3. The lowest BCUT2D eigenvalue weighted by Crippen LogP contribution is -2.48. The van der Waals surface area contributed by atoms with Gasteiger partial charge in [0.15, 0.2) is 0 Å². The van der Waals surface area contributed by atoms with Crippen LogP contribution < -0.4 is 0 Å². The minimum absolute atomic E-state index is 0.371. The van der Waals surface area contributed by atoms with Gasteiger partial charge >= 0.3 is 5.97 Å². The highest BCUT2D eigenvalue weighted by Crippen LogP contribution is 2.23. The Morgan fingerprint density at radius 1 is 1.10 bits per heavy atom. The Kier molecular flexibility index (Phi) is 4.56. The van der Waals surface area contributed by atoms with Crippen LogP contribution in [-0.2, 0) is 17.8 Å². The quantitative estimate of drug-likeness (QED) is 0.920. The van der Waals surface area contributed by atoms with Crippen LogP contribution in [0, 0.1) is 0 Å². The fraction of sp³-hybridized carbons (Fsp3) is 0.588. The van der Waals surface area contributed by atoms with Crippen molar-refractivity contribution in [3.05, 3.63) is 35.4 Å². The summed E-state index contributed by atoms with van der Waals surface area (Å²) in [5.41, 5.74) is 2.48. The molecule has 1 atom stereocenters. The van der Waals surface area contributed by atoms with E-state index in [1.165, 1.54) is 43.5 Å². The molecular weight excluding hydrogens is 264 g/mol. The van der Waals surface area contributed by atoms with Crippen LogP contribution >= 0.6 is 0 Å². The Balaban J connectivity index is 1.66. The summed E-state index contributed by atoms with van der Waals surface area (Å²) in [5, 5.41) is 9.52. The third-order valence-corrected chi connectivity index (χ3v) is 4.78. The Bertz CT molecular complexity index is 497. The summed E-state index contributed by atoms with van der Waals surface area (Å²) in [4.78, 5) is 16.2. The summed E-state index contributed by atoms with van der Waals surface area (Å²) < 4.78 is 0. The van der Waals surface area contributed by atoms with E-state index in [2.05, 4.69) is 21.9 Å². The van der Waals surface area contributed by atoms with Crippen LogP contribution in [0.4, 0.5) is 0 Å². The van der Waals surface area contributed by atoms with Crippen molar-refractivity contribution in [1.82, 2.24) is 9.80 Å². The number of fused-ring (bicyclic) bond motifs is 1. The lowest BCUT2D eigenvalue weighted by molar-refractivity contribution is -0.144. The van der Waals surface area contributed by atoms with Crippen molar-refractivity contribution >= 4 is 5.97 Å². The smallest absolute Gasteiger partial charge is 0.321 e. The van der Waals surface area contributed by atoms with Gasteiger partial charge in [0.1, 0.15) is 6.04 Å². The number of carboxylic acid groups (broad SMARTS) is 1. The van der Waals surface area contributed by atoms with Gasteiger partial charge in [-0.15, -0.1) is 0 Å². The zero-order chi connectivity index (χ0) is 14.7. The summed E-state index contributed by atoms with van der Waals surface area (Å²) in [6.45, 7) is 4.95. The number of aliphatic carboxylic acids is 1. The molecular formula is C17H24N2O2. The van der Waals surface area contributed by atoms with Crippen molar-refractivity contribution in [3.63, 3.8) is 0 Å². The fourth-order valence-corrected chi connectivity index (χ4v) is 3.51. The molecule has 1 N–H and O–H groups in total. The van der Waals surface area contributed by atoms with Gasteiger partial charge in [-0.2, -0.15) is 0 Å². The Labute approximate surface area is 126 Å². The molecule has 0 spiro atoms. The highest BCUT2D eigenvalue weighted by molar-refractivity contribution is 5.74. The topological polar surface area (TPSA) is 43.8 Å². The van der Waals surface area contributed by atoms with E-state index in [0.29, 0.717) is 6.42 Å². The number of likely N-dealkylation sites (tertiary alicyclic amines) is 1. The van der Waals surface area contributed by atoms with Gasteiger partial charge in [-0.25, -0.2) is 0 Å². The molecule has 0 radical (unpaired) electrons. The monoisotopic (exact) mass is 288 g/mol. The standard InChI is InChI=1S/C17H24N2O2/c20-17(21)16-12-14-6-2-3-7-15(14)13-19(16)11-10-18-8-4-1-5-9-18/h2-3,6-7,16H,1,4-5,8-13H2,(H,20,21). The summed E-state index contributed by atoms with van der Waals surface area (Å²) in [6.07, 6.45) is 4.53. The molecule has 0 aromatic heterocycles. The van der Waals surface area contributed by atoms with Crippen molar-refractivity contribution in [3.8, 4) is 0 Å². The molecule has 0 amide bonds. The van der Waals surface area contributed by atoms with Crippen LogP contribution in [0.3, 0.4) is 0 Å². The average Bonchev–Trinajstić information content (AvgIpc) is 2.53. The fourth-order valence-electron chi connectivity index (χ4n) is 3.51. The molecule has 2 aliphatic rings. The molecule has 21 heavy (non-hydrogen) atoms. The molecule has 114 valence electrons. The Morgan fingerprint density at radius 2 is 1.81 bits per heavy atom. The predicted molar refractivity (Wildman–Crippen MR) is 82.3 cm³/mol. The zero-order valence-corrected chi connectivity index (χ0v) is 12.5. The van der Waals surface area contributed by atoms with Crippen LogP contribution in [-0.4, -0.2) is 53.1 Å². The molecule has 1 unspecified atom stereocenters. The molecule has 1 saturated heterocycles. The first-order valence-electron chi connectivity index (χ1n) is 8.00. The second-order valence-corrected chi connectivity index (χ2v) is 6.20. The normalized spacial score (nSPS) is 23.7. The molecule has 1 aromatic carbocycles. The van der Waals surface area contributed by atoms with Gasteiger partial charge in [0.25, 0.3) is 0 Å². The van der Waals surface area contributed by atoms with Crippen molar-refractivity contribution in [2.24, 2.45) is 0 Å². The first kappa shape index (κ1) is 14.5. The van der Waals surface area contributed by atoms with Gasteiger partial charge in [-0.3, -0.25) is 9.69 Å². The van der Waals surface area contributed by atoms with E-state index in [-0.39, 0.29) is 6.04 Å². The molecule has 1 aromatic rings. The van der Waals surface area contributed by atoms with Crippen LogP contribution in [0.2, 0.25) is 0 Å². The second-order valence-electron chi connectivity index (χ2n) is 6.20. The zero-order valence-electron chi connectivity index (χ0n) is 12.5. The van der Waals surface area contributed by atoms with Gasteiger partial charge in [0.05, 0.1) is 0 Å². The van der Waals surface area contributed by atoms with Crippen molar-refractivity contribution in [2.75, 3.05) is 26.2 Å². The number of carboxylic acids is 1. The van der Waals surface area contributed by atoms with E-state index in [0.717, 1.165) is 19.6 Å². The number of rotatable bonds is 4. The molecule has 4 nitrogen and oxygen atoms in total. The highest BCUT2D eigenvalue weighted by atomic mass is 16.4. The van der Waals surface area contributed by atoms with E-state index in [9.17, 15) is 9.90 Å². The summed E-state index contributed by atoms with van der Waals surface area (Å²) in [7, 11) is 0. The molecule has 0 aliphatic carbocycles. The summed E-state index contributed by atoms with van der Waals surface area (Å²) in [5.74, 6) is -0.692. The number of hydrogen-bond donors (Lipinski definition) is 1. The van der Waals surface area contributed by atoms with Crippen molar-refractivity contribution < 1.29 is 9.90 Å². The molecule has 4 heteroatoms. The lowest BCUT2D eigenvalue weighted by atomic mass is 9.94. The van der Waals surface area contributed by atoms with Gasteiger partial charge in [-0.05, 0) is 43.5 Å². The molecule has 0 bridgehead atoms. The van der Waals surface area contributed by atoms with E-state index in [1.54, 1.807) is 0 Å². The van der Waals surface area contributed by atoms with Crippen LogP contribution in [0.25, 0.3) is 0 Å². The SMILES string of the molecule is O=C(O)C1Cc2ccccc2CN1CCN1CCCCC1. The second kappa shape index (κ2) is 6.58. The van der Waals surface area contributed by atoms with Gasteiger partial charge in [0.2, 0.25) is 0 Å². The highest BCUT2D eigenvalue weighted by Gasteiger charge is 2.31. The number of benzene rings is 1. The number of piperidine rings is 1. The van der Waals surface area contributed by atoms with Crippen LogP contribution in [0.1, 0.15) is 30.4 Å². The minimum Gasteiger partial charge on any atom is -0.480 e. The largest absolute Gasteiger partial charge is 0.480 e. The average molecular weight is 288 g/mol. The molecule has 3 rings (SSSR count). The van der Waals surface area contributed by atoms with E-state index >= 15 is 0 Å². The van der Waals surface area contributed by atoms with Crippen molar-refractivity contribution in [2.45, 2.75) is 38.3 Å². The van der Waals surface area contributed by atoms with Gasteiger partial charge < -0.3 is 10.0 Å². The third-order valence-electron chi connectivity index (χ3n) is 4.78. The molecule has 0 saturated carbocycles.